The van der Waals surface area contributed by atoms with E-state index in [2.05, 4.69) is 9.47 Å². The lowest BCUT2D eigenvalue weighted by Crippen LogP contribution is -2.11. The molecule has 0 aliphatic rings. The predicted octanol–water partition coefficient (Wildman–Crippen LogP) is 2.36. The Kier molecular flexibility index (Phi) is 24.1. The first-order valence-electron chi connectivity index (χ1n) is 7.83. The number of carbonyl (C=O) groups is 4. The Morgan fingerprint density at radius 3 is 1.75 bits per heavy atom. The van der Waals surface area contributed by atoms with Gasteiger partial charge < -0.3 is 14.6 Å². The van der Waals surface area contributed by atoms with E-state index in [-0.39, 0.29) is 36.4 Å². The van der Waals surface area contributed by atoms with Gasteiger partial charge >= 0.3 is 17.9 Å². The van der Waals surface area contributed by atoms with Gasteiger partial charge in [0.1, 0.15) is 12.8 Å². The third-order valence-electron chi connectivity index (χ3n) is 2.14. The van der Waals surface area contributed by atoms with E-state index in [9.17, 15) is 19.2 Å². The summed E-state index contributed by atoms with van der Waals surface area (Å²) in [5.74, 6) is -2.17. The summed E-state index contributed by atoms with van der Waals surface area (Å²) in [6.07, 6.45) is 0.756. The zero-order valence-electron chi connectivity index (χ0n) is 15.6. The summed E-state index contributed by atoms with van der Waals surface area (Å²) >= 11 is 10.6. The van der Waals surface area contributed by atoms with Gasteiger partial charge in [0, 0.05) is 12.0 Å². The lowest BCUT2D eigenvalue weighted by molar-refractivity contribution is -0.145. The number of carboxylic acid groups (broad SMARTS) is 1. The van der Waals surface area contributed by atoms with Crippen LogP contribution in [0.5, 0.6) is 0 Å². The molecule has 0 saturated heterocycles. The van der Waals surface area contributed by atoms with Crippen molar-refractivity contribution in [1.82, 2.24) is 0 Å². The summed E-state index contributed by atoms with van der Waals surface area (Å²) in [6.45, 7) is 4.06. The topological polar surface area (TPSA) is 155 Å². The molecule has 0 atom stereocenters. The molecule has 0 saturated carbocycles. The van der Waals surface area contributed by atoms with Crippen molar-refractivity contribution in [2.45, 2.75) is 33.1 Å². The van der Waals surface area contributed by atoms with E-state index in [1.807, 2.05) is 6.07 Å². The van der Waals surface area contributed by atoms with Gasteiger partial charge in [-0.2, -0.15) is 10.5 Å². The predicted molar refractivity (Wildman–Crippen MR) is 101 cm³/mol. The number of ketones is 1. The number of halogens is 2. The molecule has 9 nitrogen and oxygen atoms in total. The van der Waals surface area contributed by atoms with E-state index >= 15 is 0 Å². The number of esters is 2. The SMILES string of the molecule is CCOC(=O)C/C(=C/C#N)CCl.CCOC(=O)CC(=O)CCl.N#CCC(=O)O. The third-order valence-corrected chi connectivity index (χ3v) is 2.78. The van der Waals surface area contributed by atoms with Crippen LogP contribution in [0.15, 0.2) is 11.6 Å². The molecule has 11 heteroatoms. The molecule has 28 heavy (non-hydrogen) atoms. The highest BCUT2D eigenvalue weighted by Gasteiger charge is 2.07. The number of allylic oxidation sites excluding steroid dienone is 1. The number of hydrogen-bond donors (Lipinski definition) is 1. The number of carbonyl (C=O) groups excluding carboxylic acids is 3. The van der Waals surface area contributed by atoms with Crippen molar-refractivity contribution in [1.29, 1.82) is 10.5 Å². The van der Waals surface area contributed by atoms with Gasteiger partial charge in [-0.25, -0.2) is 0 Å². The molecular formula is C17H22Cl2N2O7. The monoisotopic (exact) mass is 436 g/mol. The van der Waals surface area contributed by atoms with Crippen LogP contribution in [0.2, 0.25) is 0 Å². The highest BCUT2D eigenvalue weighted by molar-refractivity contribution is 6.28. The molecule has 0 aliphatic heterocycles. The van der Waals surface area contributed by atoms with Crippen LogP contribution < -0.4 is 0 Å². The van der Waals surface area contributed by atoms with E-state index in [4.69, 9.17) is 38.8 Å². The number of nitrogens with zero attached hydrogens (tertiary/aromatic N) is 2. The van der Waals surface area contributed by atoms with Crippen LogP contribution in [-0.4, -0.2) is 53.8 Å². The first-order valence-corrected chi connectivity index (χ1v) is 8.90. The molecule has 0 aliphatic carbocycles. The van der Waals surface area contributed by atoms with Crippen LogP contribution in [-0.2, 0) is 28.7 Å². The smallest absolute Gasteiger partial charge is 0.317 e. The zero-order chi connectivity index (χ0) is 22.4. The average Bonchev–Trinajstić information content (AvgIpc) is 2.62. The number of Topliss-reactive ketones (excluding diaryl/α,β-unsaturated/α-hetero) is 1. The van der Waals surface area contributed by atoms with Crippen molar-refractivity contribution in [2.24, 2.45) is 0 Å². The summed E-state index contributed by atoms with van der Waals surface area (Å²) in [5, 5.41) is 23.6. The van der Waals surface area contributed by atoms with Crippen molar-refractivity contribution >= 4 is 46.9 Å². The van der Waals surface area contributed by atoms with Gasteiger partial charge in [-0.15, -0.1) is 23.2 Å². The third kappa shape index (κ3) is 25.6. The second-order valence-electron chi connectivity index (χ2n) is 4.43. The minimum Gasteiger partial charge on any atom is -0.480 e. The minimum absolute atomic E-state index is 0.102. The van der Waals surface area contributed by atoms with E-state index in [0.717, 1.165) is 0 Å². The number of ether oxygens (including phenoxy) is 2. The molecule has 0 aromatic heterocycles. The molecule has 0 aromatic carbocycles. The molecule has 156 valence electrons. The van der Waals surface area contributed by atoms with Crippen molar-refractivity contribution in [2.75, 3.05) is 25.0 Å². The molecule has 0 rings (SSSR count). The average molecular weight is 437 g/mol. The molecule has 0 spiro atoms. The molecular weight excluding hydrogens is 415 g/mol. The highest BCUT2D eigenvalue weighted by atomic mass is 35.5. The summed E-state index contributed by atoms with van der Waals surface area (Å²) in [6, 6.07) is 3.28. The van der Waals surface area contributed by atoms with E-state index in [1.54, 1.807) is 13.8 Å². The Bertz CT molecular complexity index is 608. The van der Waals surface area contributed by atoms with Crippen molar-refractivity contribution in [3.05, 3.63) is 11.6 Å². The Hall–Kier alpha value is -2.62. The number of carboxylic acids is 1. The normalized spacial score (nSPS) is 9.14. The molecule has 0 amide bonds. The number of aliphatic carboxylic acids is 1. The van der Waals surface area contributed by atoms with Gasteiger partial charge in [0.15, 0.2) is 5.78 Å². The van der Waals surface area contributed by atoms with Crippen LogP contribution in [0, 0.1) is 22.7 Å². The summed E-state index contributed by atoms with van der Waals surface area (Å²) in [7, 11) is 0. The molecule has 0 aromatic rings. The van der Waals surface area contributed by atoms with Gasteiger partial charge in [-0.1, -0.05) is 0 Å². The zero-order valence-corrected chi connectivity index (χ0v) is 17.1. The fourth-order valence-corrected chi connectivity index (χ4v) is 1.38. The number of rotatable bonds is 9. The second kappa shape index (κ2) is 22.4. The molecule has 0 heterocycles. The van der Waals surface area contributed by atoms with Crippen LogP contribution in [0.1, 0.15) is 33.1 Å². The van der Waals surface area contributed by atoms with Gasteiger partial charge in [0.2, 0.25) is 0 Å². The lowest BCUT2D eigenvalue weighted by atomic mass is 10.2. The van der Waals surface area contributed by atoms with Gasteiger partial charge in [-0.3, -0.25) is 19.2 Å². The van der Waals surface area contributed by atoms with Gasteiger partial charge in [0.25, 0.3) is 0 Å². The number of hydrogen-bond acceptors (Lipinski definition) is 8. The lowest BCUT2D eigenvalue weighted by Gasteiger charge is -2.01. The maximum absolute atomic E-state index is 10.9. The van der Waals surface area contributed by atoms with E-state index in [1.165, 1.54) is 12.1 Å². The highest BCUT2D eigenvalue weighted by Crippen LogP contribution is 2.04. The Balaban J connectivity index is -0.000000354. The van der Waals surface area contributed by atoms with Gasteiger partial charge in [0.05, 0.1) is 37.7 Å². The van der Waals surface area contributed by atoms with Crippen molar-refractivity contribution in [3.63, 3.8) is 0 Å². The first-order chi connectivity index (χ1) is 13.2. The van der Waals surface area contributed by atoms with E-state index in [0.29, 0.717) is 18.8 Å². The number of nitriles is 2. The Morgan fingerprint density at radius 1 is 0.964 bits per heavy atom. The number of alkyl halides is 2. The maximum atomic E-state index is 10.9. The summed E-state index contributed by atoms with van der Waals surface area (Å²) < 4.78 is 9.17. The maximum Gasteiger partial charge on any atom is 0.317 e. The molecule has 0 bridgehead atoms. The fourth-order valence-electron chi connectivity index (χ4n) is 1.11. The van der Waals surface area contributed by atoms with Crippen LogP contribution in [0.3, 0.4) is 0 Å². The Morgan fingerprint density at radius 2 is 1.46 bits per heavy atom. The summed E-state index contributed by atoms with van der Waals surface area (Å²) in [4.78, 5) is 41.2. The quantitative estimate of drug-likeness (QED) is 0.248. The first kappa shape index (κ1) is 30.1. The van der Waals surface area contributed by atoms with Crippen LogP contribution >= 0.6 is 23.2 Å². The Labute approximate surface area is 173 Å². The van der Waals surface area contributed by atoms with Crippen LogP contribution in [0.4, 0.5) is 0 Å². The minimum atomic E-state index is -1.07. The van der Waals surface area contributed by atoms with Crippen molar-refractivity contribution in [3.8, 4) is 12.1 Å². The molecule has 0 unspecified atom stereocenters. The van der Waals surface area contributed by atoms with Crippen molar-refractivity contribution < 1.29 is 33.8 Å². The standard InChI is InChI=1S/C8H10ClNO2.C6H9ClO3.C3H3NO2/c1-2-12-8(11)5-7(6-9)3-4-10;1-2-10-6(9)3-5(8)4-7;4-2-1-3(5)6/h3H,2,5-6H2,1H3;2-4H2,1H3;1H2,(H,5,6)/b7-3-;;. The summed E-state index contributed by atoms with van der Waals surface area (Å²) in [5.41, 5.74) is 0.581. The molecule has 1 N–H and O–H groups in total. The van der Waals surface area contributed by atoms with Gasteiger partial charge in [-0.05, 0) is 19.4 Å². The van der Waals surface area contributed by atoms with Crippen LogP contribution in [0.25, 0.3) is 0 Å². The fraction of sp³-hybridized carbons (Fsp3) is 0.529. The van der Waals surface area contributed by atoms with E-state index < -0.39 is 18.4 Å². The second-order valence-corrected chi connectivity index (χ2v) is 4.96. The molecule has 0 radical (unpaired) electrons. The largest absolute Gasteiger partial charge is 0.480 e. The molecule has 0 fully saturated rings.